The van der Waals surface area contributed by atoms with Gasteiger partial charge in [-0.05, 0) is 36.9 Å². The summed E-state index contributed by atoms with van der Waals surface area (Å²) in [7, 11) is 0. The summed E-state index contributed by atoms with van der Waals surface area (Å²) in [6, 6.07) is 11.2. The van der Waals surface area contributed by atoms with Crippen LogP contribution >= 0.6 is 11.8 Å². The van der Waals surface area contributed by atoms with Crippen LogP contribution in [0.15, 0.2) is 54.7 Å². The summed E-state index contributed by atoms with van der Waals surface area (Å²) >= 11 is 1.47. The lowest BCUT2D eigenvalue weighted by Crippen LogP contribution is -2.16. The average molecular weight is 494 g/mol. The molecule has 1 aromatic heterocycles. The van der Waals surface area contributed by atoms with Crippen molar-refractivity contribution in [3.8, 4) is 22.6 Å². The van der Waals surface area contributed by atoms with Crippen LogP contribution in [0.1, 0.15) is 18.5 Å². The fraction of sp³-hybridized carbons (Fsp3) is 0.261. The number of halogens is 3. The molecule has 0 amide bonds. The van der Waals surface area contributed by atoms with E-state index in [-0.39, 0.29) is 40.7 Å². The zero-order chi connectivity index (χ0) is 24.7. The number of thioether (sulfide) groups is 1. The number of benzene rings is 2. The topological polar surface area (TPSA) is 86.5 Å². The molecule has 1 N–H and O–H groups in total. The minimum Gasteiger partial charge on any atom is -0.490 e. The van der Waals surface area contributed by atoms with Gasteiger partial charge in [-0.3, -0.25) is 10.1 Å². The first kappa shape index (κ1) is 25.2. The van der Waals surface area contributed by atoms with Crippen LogP contribution in [0.5, 0.6) is 11.5 Å². The summed E-state index contributed by atoms with van der Waals surface area (Å²) in [6.45, 7) is -1.07. The second-order valence-corrected chi connectivity index (χ2v) is 7.91. The molecule has 0 radical (unpaired) electrons. The first-order valence-corrected chi connectivity index (χ1v) is 11.6. The average Bonchev–Trinajstić information content (AvgIpc) is 2.80. The van der Waals surface area contributed by atoms with E-state index in [1.807, 2.05) is 6.26 Å². The summed E-state index contributed by atoms with van der Waals surface area (Å²) in [4.78, 5) is 15.4. The second-order valence-electron chi connectivity index (χ2n) is 7.00. The predicted octanol–water partition coefficient (Wildman–Crippen LogP) is 6.31. The molecule has 11 heteroatoms. The highest BCUT2D eigenvalue weighted by Crippen LogP contribution is 2.36. The maximum Gasteiger partial charge on any atom is 0.387 e. The molecule has 7 nitrogen and oxygen atoms in total. The summed E-state index contributed by atoms with van der Waals surface area (Å²) in [5, 5.41) is 14.8. The third-order valence-corrected chi connectivity index (χ3v) is 5.45. The number of nitrogens with one attached hydrogen (secondary N) is 1. The molecule has 0 saturated heterocycles. The van der Waals surface area contributed by atoms with Gasteiger partial charge in [-0.25, -0.2) is 9.37 Å². The molecule has 1 atom stereocenters. The Hall–Kier alpha value is -3.47. The normalized spacial score (nSPS) is 11.8. The number of hydrogen-bond acceptors (Lipinski definition) is 7. The Bertz CT molecular complexity index is 1150. The molecule has 2 aromatic carbocycles. The first-order valence-electron chi connectivity index (χ1n) is 10.2. The molecular weight excluding hydrogens is 471 g/mol. The predicted molar refractivity (Wildman–Crippen MR) is 125 cm³/mol. The molecule has 1 heterocycles. The molecule has 0 spiro atoms. The summed E-state index contributed by atoms with van der Waals surface area (Å²) in [5.41, 5.74) is 0.772. The van der Waals surface area contributed by atoms with Crippen molar-refractivity contribution in [2.45, 2.75) is 19.6 Å². The highest BCUT2D eigenvalue weighted by Gasteiger charge is 2.23. The molecule has 0 bridgehead atoms. The van der Waals surface area contributed by atoms with Gasteiger partial charge in [0.15, 0.2) is 11.5 Å². The number of hydrogen-bond donors (Lipinski definition) is 1. The van der Waals surface area contributed by atoms with E-state index in [2.05, 4.69) is 15.0 Å². The Morgan fingerprint density at radius 2 is 1.94 bits per heavy atom. The molecule has 0 aliphatic carbocycles. The highest BCUT2D eigenvalue weighted by molar-refractivity contribution is 7.98. The number of ether oxygens (including phenoxy) is 2. The van der Waals surface area contributed by atoms with Crippen molar-refractivity contribution in [2.24, 2.45) is 0 Å². The Morgan fingerprint density at radius 3 is 2.59 bits per heavy atom. The minimum atomic E-state index is -3.01. The van der Waals surface area contributed by atoms with E-state index in [1.54, 1.807) is 25.1 Å². The van der Waals surface area contributed by atoms with Crippen LogP contribution in [-0.4, -0.2) is 35.1 Å². The molecule has 0 fully saturated rings. The van der Waals surface area contributed by atoms with E-state index < -0.39 is 23.4 Å². The number of aromatic nitrogens is 1. The monoisotopic (exact) mass is 493 g/mol. The first-order chi connectivity index (χ1) is 16.3. The van der Waals surface area contributed by atoms with Gasteiger partial charge in [0, 0.05) is 29.1 Å². The fourth-order valence-electron chi connectivity index (χ4n) is 3.30. The Morgan fingerprint density at radius 1 is 1.18 bits per heavy atom. The lowest BCUT2D eigenvalue weighted by atomic mass is 10.1. The number of nitro groups is 1. The SMILES string of the molecule is CCOc1cc(C(CSC)Nc2ncc(-c3ccccc3F)cc2[N+](=O)[O-])ccc1OC(F)F. The van der Waals surface area contributed by atoms with Gasteiger partial charge < -0.3 is 14.8 Å². The van der Waals surface area contributed by atoms with Crippen molar-refractivity contribution in [3.63, 3.8) is 0 Å². The molecule has 3 rings (SSSR count). The van der Waals surface area contributed by atoms with E-state index in [0.29, 0.717) is 11.3 Å². The van der Waals surface area contributed by atoms with Gasteiger partial charge in [-0.2, -0.15) is 20.5 Å². The Labute approximate surface area is 198 Å². The lowest BCUT2D eigenvalue weighted by Gasteiger charge is -2.21. The van der Waals surface area contributed by atoms with Crippen molar-refractivity contribution in [1.82, 2.24) is 4.98 Å². The van der Waals surface area contributed by atoms with Crippen molar-refractivity contribution >= 4 is 23.3 Å². The largest absolute Gasteiger partial charge is 0.490 e. The molecule has 34 heavy (non-hydrogen) atoms. The summed E-state index contributed by atoms with van der Waals surface area (Å²) < 4.78 is 49.6. The number of pyridine rings is 1. The van der Waals surface area contributed by atoms with Gasteiger partial charge in [0.2, 0.25) is 5.82 Å². The zero-order valence-electron chi connectivity index (χ0n) is 18.3. The highest BCUT2D eigenvalue weighted by atomic mass is 32.2. The zero-order valence-corrected chi connectivity index (χ0v) is 19.2. The van der Waals surface area contributed by atoms with E-state index in [4.69, 9.17) is 4.74 Å². The quantitative estimate of drug-likeness (QED) is 0.247. The van der Waals surface area contributed by atoms with Crippen LogP contribution in [0.25, 0.3) is 11.1 Å². The fourth-order valence-corrected chi connectivity index (χ4v) is 3.91. The smallest absolute Gasteiger partial charge is 0.387 e. The third-order valence-electron chi connectivity index (χ3n) is 4.78. The summed E-state index contributed by atoms with van der Waals surface area (Å²) in [5.74, 6) is -0.0225. The van der Waals surface area contributed by atoms with Gasteiger partial charge in [-0.15, -0.1) is 0 Å². The number of nitrogens with zero attached hydrogens (tertiary/aromatic N) is 2. The maximum absolute atomic E-state index is 14.2. The molecule has 1 unspecified atom stereocenters. The van der Waals surface area contributed by atoms with Crippen molar-refractivity contribution < 1.29 is 27.6 Å². The minimum absolute atomic E-state index is 0.00462. The molecular formula is C23H22F3N3O4S. The van der Waals surface area contributed by atoms with Crippen LogP contribution in [-0.2, 0) is 0 Å². The number of anilines is 1. The lowest BCUT2D eigenvalue weighted by molar-refractivity contribution is -0.384. The molecule has 3 aromatic rings. The van der Waals surface area contributed by atoms with Crippen LogP contribution < -0.4 is 14.8 Å². The van der Waals surface area contributed by atoms with E-state index in [1.165, 1.54) is 48.3 Å². The molecule has 0 aliphatic heterocycles. The van der Waals surface area contributed by atoms with E-state index in [0.717, 1.165) is 0 Å². The van der Waals surface area contributed by atoms with Crippen molar-refractivity contribution in [3.05, 3.63) is 76.2 Å². The third kappa shape index (κ3) is 6.10. The van der Waals surface area contributed by atoms with Gasteiger partial charge in [-0.1, -0.05) is 24.3 Å². The molecule has 0 saturated carbocycles. The maximum atomic E-state index is 14.2. The van der Waals surface area contributed by atoms with Crippen LogP contribution in [0, 0.1) is 15.9 Å². The van der Waals surface area contributed by atoms with Crippen LogP contribution in [0.2, 0.25) is 0 Å². The van der Waals surface area contributed by atoms with Crippen molar-refractivity contribution in [2.75, 3.05) is 23.9 Å². The second kappa shape index (κ2) is 11.6. The van der Waals surface area contributed by atoms with Crippen molar-refractivity contribution in [1.29, 1.82) is 0 Å². The van der Waals surface area contributed by atoms with Crippen LogP contribution in [0.4, 0.5) is 24.7 Å². The number of rotatable bonds is 11. The Balaban J connectivity index is 1.97. The Kier molecular flexibility index (Phi) is 8.58. The number of alkyl halides is 2. The van der Waals surface area contributed by atoms with E-state index >= 15 is 0 Å². The van der Waals surface area contributed by atoms with Gasteiger partial charge in [0.25, 0.3) is 0 Å². The van der Waals surface area contributed by atoms with Gasteiger partial charge >= 0.3 is 12.3 Å². The summed E-state index contributed by atoms with van der Waals surface area (Å²) in [6.07, 6.45) is 3.21. The van der Waals surface area contributed by atoms with Crippen LogP contribution in [0.3, 0.4) is 0 Å². The molecule has 180 valence electrons. The van der Waals surface area contributed by atoms with E-state index in [9.17, 15) is 23.3 Å². The standard InChI is InChI=1S/C23H22F3N3O4S/c1-3-32-21-11-14(8-9-20(21)33-23(25)26)18(13-34-2)28-22-19(29(30)31)10-15(12-27-22)16-6-4-5-7-17(16)24/h4-12,18,23H,3,13H2,1-2H3,(H,27,28). The van der Waals surface area contributed by atoms with Gasteiger partial charge in [0.1, 0.15) is 5.82 Å². The van der Waals surface area contributed by atoms with Gasteiger partial charge in [0.05, 0.1) is 17.6 Å². The molecule has 0 aliphatic rings.